The number of benzene rings is 1. The Morgan fingerprint density at radius 2 is 1.88 bits per heavy atom. The van der Waals surface area contributed by atoms with E-state index in [0.717, 1.165) is 16.4 Å². The molecule has 1 aliphatic rings. The molecule has 0 unspecified atom stereocenters. The summed E-state index contributed by atoms with van der Waals surface area (Å²) < 4.78 is 13.5. The molecular formula is C14H19FS2. The van der Waals surface area contributed by atoms with E-state index in [9.17, 15) is 4.39 Å². The molecule has 0 aliphatic heterocycles. The molecule has 0 radical (unpaired) electrons. The number of hydrogen-bond acceptors (Lipinski definition) is 2. The highest BCUT2D eigenvalue weighted by Gasteiger charge is 2.30. The summed E-state index contributed by atoms with van der Waals surface area (Å²) in [5.41, 5.74) is 0.328. The zero-order valence-corrected chi connectivity index (χ0v) is 11.7. The smallest absolute Gasteiger partial charge is 0.136 e. The first-order chi connectivity index (χ1) is 8.26. The second-order valence-corrected chi connectivity index (χ2v) is 6.27. The van der Waals surface area contributed by atoms with Crippen LogP contribution < -0.4 is 0 Å². The Morgan fingerprint density at radius 3 is 2.53 bits per heavy atom. The minimum absolute atomic E-state index is 0.0948. The Balaban J connectivity index is 1.98. The highest BCUT2D eigenvalue weighted by molar-refractivity contribution is 7.99. The fraction of sp³-hybridized carbons (Fsp3) is 0.571. The van der Waals surface area contributed by atoms with Gasteiger partial charge in [0.05, 0.1) is 0 Å². The third-order valence-electron chi connectivity index (χ3n) is 3.62. The Morgan fingerprint density at radius 1 is 1.18 bits per heavy atom. The van der Waals surface area contributed by atoms with Crippen LogP contribution in [0.25, 0.3) is 0 Å². The van der Waals surface area contributed by atoms with Gasteiger partial charge < -0.3 is 0 Å². The van der Waals surface area contributed by atoms with Crippen molar-refractivity contribution in [3.8, 4) is 0 Å². The lowest BCUT2D eigenvalue weighted by atomic mass is 9.77. The zero-order chi connectivity index (χ0) is 12.1. The van der Waals surface area contributed by atoms with Crippen LogP contribution in [-0.2, 0) is 0 Å². The summed E-state index contributed by atoms with van der Waals surface area (Å²) >= 11 is 6.17. The van der Waals surface area contributed by atoms with Gasteiger partial charge in [-0.3, -0.25) is 0 Å². The summed E-state index contributed by atoms with van der Waals surface area (Å²) in [6, 6.07) is 7.06. The maximum atomic E-state index is 13.5. The summed E-state index contributed by atoms with van der Waals surface area (Å²) in [5.74, 6) is 1.83. The van der Waals surface area contributed by atoms with Crippen molar-refractivity contribution >= 4 is 24.4 Å². The molecule has 0 amide bonds. The van der Waals surface area contributed by atoms with Gasteiger partial charge in [-0.05, 0) is 36.1 Å². The average Bonchev–Trinajstić information content (AvgIpc) is 2.39. The maximum absolute atomic E-state index is 13.5. The summed E-state index contributed by atoms with van der Waals surface area (Å²) in [6.07, 6.45) is 6.45. The van der Waals surface area contributed by atoms with Crippen molar-refractivity contribution in [1.82, 2.24) is 0 Å². The minimum atomic E-state index is -0.0948. The second kappa shape index (κ2) is 6.14. The Kier molecular flexibility index (Phi) is 4.80. The normalized spacial score (nSPS) is 19.2. The number of thiol groups is 1. The topological polar surface area (TPSA) is 0 Å². The van der Waals surface area contributed by atoms with Crippen LogP contribution in [-0.4, -0.2) is 11.5 Å². The van der Waals surface area contributed by atoms with Crippen LogP contribution >= 0.6 is 24.4 Å². The van der Waals surface area contributed by atoms with E-state index in [2.05, 4.69) is 12.6 Å². The molecule has 0 aromatic heterocycles. The highest BCUT2D eigenvalue weighted by Crippen LogP contribution is 2.41. The Labute approximate surface area is 113 Å². The number of thioether (sulfide) groups is 1. The quantitative estimate of drug-likeness (QED) is 0.606. The van der Waals surface area contributed by atoms with Gasteiger partial charge in [0.15, 0.2) is 0 Å². The standard InChI is InChI=1S/C14H19FS2/c15-12-6-2-3-7-13(12)17-11-14(10-16)8-4-1-5-9-14/h2-3,6-7,16H,1,4-5,8-11H2. The summed E-state index contributed by atoms with van der Waals surface area (Å²) in [6.45, 7) is 0. The molecule has 0 spiro atoms. The van der Waals surface area contributed by atoms with Crippen LogP contribution in [0.4, 0.5) is 4.39 Å². The van der Waals surface area contributed by atoms with Crippen molar-refractivity contribution in [1.29, 1.82) is 0 Å². The third-order valence-corrected chi connectivity index (χ3v) is 5.69. The monoisotopic (exact) mass is 270 g/mol. The van der Waals surface area contributed by atoms with E-state index < -0.39 is 0 Å². The van der Waals surface area contributed by atoms with Gasteiger partial charge >= 0.3 is 0 Å². The van der Waals surface area contributed by atoms with Crippen LogP contribution in [0.1, 0.15) is 32.1 Å². The van der Waals surface area contributed by atoms with Crippen LogP contribution in [0, 0.1) is 11.2 Å². The van der Waals surface area contributed by atoms with Crippen molar-refractivity contribution in [2.75, 3.05) is 11.5 Å². The van der Waals surface area contributed by atoms with Gasteiger partial charge in [0.1, 0.15) is 5.82 Å². The first-order valence-corrected chi connectivity index (χ1v) is 7.86. The molecule has 94 valence electrons. The lowest BCUT2D eigenvalue weighted by Gasteiger charge is -2.35. The van der Waals surface area contributed by atoms with E-state index in [-0.39, 0.29) is 5.82 Å². The molecule has 0 nitrogen and oxygen atoms in total. The van der Waals surface area contributed by atoms with Crippen molar-refractivity contribution in [3.63, 3.8) is 0 Å². The summed E-state index contributed by atoms with van der Waals surface area (Å²) in [5, 5.41) is 0. The first kappa shape index (κ1) is 13.3. The Hall–Kier alpha value is -0.150. The lowest BCUT2D eigenvalue weighted by Crippen LogP contribution is -2.28. The van der Waals surface area contributed by atoms with Gasteiger partial charge in [0.25, 0.3) is 0 Å². The molecule has 1 aliphatic carbocycles. The SMILES string of the molecule is Fc1ccccc1SCC1(CS)CCCCC1. The predicted molar refractivity (Wildman–Crippen MR) is 76.5 cm³/mol. The van der Waals surface area contributed by atoms with E-state index in [4.69, 9.17) is 0 Å². The minimum Gasteiger partial charge on any atom is -0.206 e. The van der Waals surface area contributed by atoms with Crippen LogP contribution in [0.2, 0.25) is 0 Å². The first-order valence-electron chi connectivity index (χ1n) is 6.24. The molecule has 1 aromatic carbocycles. The molecule has 0 atom stereocenters. The average molecular weight is 270 g/mol. The fourth-order valence-electron chi connectivity index (χ4n) is 2.44. The molecule has 0 N–H and O–H groups in total. The largest absolute Gasteiger partial charge is 0.206 e. The number of hydrogen-bond donors (Lipinski definition) is 1. The molecule has 2 rings (SSSR count). The molecule has 1 fully saturated rings. The number of rotatable bonds is 4. The van der Waals surface area contributed by atoms with Crippen LogP contribution in [0.3, 0.4) is 0 Å². The lowest BCUT2D eigenvalue weighted by molar-refractivity contribution is 0.258. The number of halogens is 1. The van der Waals surface area contributed by atoms with Gasteiger partial charge in [-0.15, -0.1) is 11.8 Å². The van der Waals surface area contributed by atoms with E-state index in [0.29, 0.717) is 5.41 Å². The highest BCUT2D eigenvalue weighted by atomic mass is 32.2. The van der Waals surface area contributed by atoms with Crippen LogP contribution in [0.15, 0.2) is 29.2 Å². The summed E-state index contributed by atoms with van der Waals surface area (Å²) in [4.78, 5) is 0.777. The van der Waals surface area contributed by atoms with Crippen molar-refractivity contribution in [2.24, 2.45) is 5.41 Å². The van der Waals surface area contributed by atoms with Crippen molar-refractivity contribution in [2.45, 2.75) is 37.0 Å². The predicted octanol–water partition coefficient (Wildman–Crippen LogP) is 4.80. The van der Waals surface area contributed by atoms with Gasteiger partial charge in [0, 0.05) is 10.6 Å². The fourth-order valence-corrected chi connectivity index (χ4v) is 4.25. The van der Waals surface area contributed by atoms with Gasteiger partial charge in [-0.1, -0.05) is 31.4 Å². The molecule has 3 heteroatoms. The molecule has 0 saturated heterocycles. The third kappa shape index (κ3) is 3.41. The summed E-state index contributed by atoms with van der Waals surface area (Å²) in [7, 11) is 0. The molecule has 0 bridgehead atoms. The second-order valence-electron chi connectivity index (χ2n) is 4.94. The van der Waals surface area contributed by atoms with Crippen molar-refractivity contribution < 1.29 is 4.39 Å². The van der Waals surface area contributed by atoms with Gasteiger partial charge in [-0.25, -0.2) is 4.39 Å². The molecule has 1 saturated carbocycles. The van der Waals surface area contributed by atoms with E-state index >= 15 is 0 Å². The molecule has 1 aromatic rings. The van der Waals surface area contributed by atoms with Crippen LogP contribution in [0.5, 0.6) is 0 Å². The Bertz CT molecular complexity index is 359. The van der Waals surface area contributed by atoms with E-state index in [1.165, 1.54) is 38.2 Å². The zero-order valence-electron chi connectivity index (χ0n) is 9.99. The molecule has 0 heterocycles. The maximum Gasteiger partial charge on any atom is 0.136 e. The van der Waals surface area contributed by atoms with Crippen molar-refractivity contribution in [3.05, 3.63) is 30.1 Å². The van der Waals surface area contributed by atoms with Gasteiger partial charge in [-0.2, -0.15) is 12.6 Å². The van der Waals surface area contributed by atoms with E-state index in [1.54, 1.807) is 17.8 Å². The van der Waals surface area contributed by atoms with E-state index in [1.807, 2.05) is 12.1 Å². The van der Waals surface area contributed by atoms with Gasteiger partial charge in [0.2, 0.25) is 0 Å². The molecule has 17 heavy (non-hydrogen) atoms. The molecular weight excluding hydrogens is 251 g/mol.